The lowest BCUT2D eigenvalue weighted by atomic mass is 10.3. The summed E-state index contributed by atoms with van der Waals surface area (Å²) >= 11 is 0. The normalized spacial score (nSPS) is 10.3. The summed E-state index contributed by atoms with van der Waals surface area (Å²) in [5.41, 5.74) is 7.10. The lowest BCUT2D eigenvalue weighted by Crippen LogP contribution is -2.14. The third-order valence-corrected chi connectivity index (χ3v) is 2.64. The van der Waals surface area contributed by atoms with Gasteiger partial charge >= 0.3 is 0 Å². The summed E-state index contributed by atoms with van der Waals surface area (Å²) in [5, 5.41) is 0. The molecule has 2 N–H and O–H groups in total. The third-order valence-electron chi connectivity index (χ3n) is 2.64. The van der Waals surface area contributed by atoms with Crippen LogP contribution in [-0.2, 0) is 0 Å². The van der Waals surface area contributed by atoms with E-state index in [1.807, 2.05) is 6.92 Å². The summed E-state index contributed by atoms with van der Waals surface area (Å²) in [6.45, 7) is 2.33. The second-order valence-electron chi connectivity index (χ2n) is 3.88. The molecule has 0 amide bonds. The molecule has 2 rings (SSSR count). The Labute approximate surface area is 110 Å². The topological polar surface area (TPSA) is 64.3 Å². The average molecular weight is 262 g/mol. The molecule has 0 unspecified atom stereocenters. The van der Waals surface area contributed by atoms with Crippen molar-refractivity contribution in [1.29, 1.82) is 0 Å². The van der Waals surface area contributed by atoms with Gasteiger partial charge in [-0.3, -0.25) is 0 Å². The van der Waals surface area contributed by atoms with Gasteiger partial charge in [0.15, 0.2) is 5.82 Å². The van der Waals surface area contributed by atoms with Crippen LogP contribution in [0.2, 0.25) is 0 Å². The Balaban J connectivity index is 2.35. The molecule has 0 atom stereocenters. The summed E-state index contributed by atoms with van der Waals surface area (Å²) in [6, 6.07) is 6.06. The van der Waals surface area contributed by atoms with Crippen molar-refractivity contribution in [3.63, 3.8) is 0 Å². The van der Waals surface area contributed by atoms with Crippen LogP contribution in [0.1, 0.15) is 6.92 Å². The van der Waals surface area contributed by atoms with E-state index in [1.54, 1.807) is 24.1 Å². The number of anilines is 3. The molecule has 1 heterocycles. The van der Waals surface area contributed by atoms with Gasteiger partial charge in [0, 0.05) is 12.7 Å². The Kier molecular flexibility index (Phi) is 3.79. The summed E-state index contributed by atoms with van der Waals surface area (Å²) in [4.78, 5) is 9.86. The van der Waals surface area contributed by atoms with Crippen LogP contribution in [0.25, 0.3) is 0 Å². The van der Waals surface area contributed by atoms with Crippen molar-refractivity contribution < 1.29 is 9.13 Å². The molecular formula is C13H15FN4O. The van der Waals surface area contributed by atoms with Crippen LogP contribution >= 0.6 is 0 Å². The van der Waals surface area contributed by atoms with Crippen LogP contribution in [0.15, 0.2) is 30.6 Å². The molecule has 2 aromatic rings. The minimum Gasteiger partial charge on any atom is -0.476 e. The first-order valence-electron chi connectivity index (χ1n) is 5.86. The van der Waals surface area contributed by atoms with E-state index in [1.165, 1.54) is 18.5 Å². The van der Waals surface area contributed by atoms with Crippen molar-refractivity contribution in [2.75, 3.05) is 24.3 Å². The van der Waals surface area contributed by atoms with Gasteiger partial charge < -0.3 is 15.4 Å². The third kappa shape index (κ3) is 2.73. The van der Waals surface area contributed by atoms with Crippen LogP contribution in [0.3, 0.4) is 0 Å². The Bertz CT molecular complexity index is 559. The first-order valence-corrected chi connectivity index (χ1v) is 5.86. The maximum atomic E-state index is 12.9. The van der Waals surface area contributed by atoms with Crippen LogP contribution < -0.4 is 15.4 Å². The molecule has 100 valence electrons. The first-order chi connectivity index (χ1) is 9.13. The molecule has 0 bridgehead atoms. The molecule has 19 heavy (non-hydrogen) atoms. The molecule has 0 aliphatic rings. The number of nitrogen functional groups attached to an aromatic ring is 1. The van der Waals surface area contributed by atoms with Crippen molar-refractivity contribution in [2.45, 2.75) is 6.92 Å². The van der Waals surface area contributed by atoms with E-state index in [0.29, 0.717) is 24.0 Å². The number of rotatable bonds is 4. The highest BCUT2D eigenvalue weighted by atomic mass is 19.1. The highest BCUT2D eigenvalue weighted by Crippen LogP contribution is 2.31. The number of halogens is 1. The fourth-order valence-corrected chi connectivity index (χ4v) is 1.68. The number of ether oxygens (including phenoxy) is 1. The Hall–Kier alpha value is -2.37. The Morgan fingerprint density at radius 2 is 1.95 bits per heavy atom. The van der Waals surface area contributed by atoms with E-state index >= 15 is 0 Å². The van der Waals surface area contributed by atoms with Crippen LogP contribution in [0, 0.1) is 5.82 Å². The molecule has 6 heteroatoms. The molecule has 1 aromatic carbocycles. The molecule has 0 aliphatic heterocycles. The predicted octanol–water partition coefficient (Wildman–Crippen LogP) is 2.36. The highest BCUT2D eigenvalue weighted by Gasteiger charge is 2.14. The van der Waals surface area contributed by atoms with Gasteiger partial charge in [-0.15, -0.1) is 0 Å². The SMILES string of the molecule is CCOc1ncnc(N(C)c2ccc(F)cc2)c1N. The molecule has 0 spiro atoms. The van der Waals surface area contributed by atoms with Gasteiger partial charge in [-0.1, -0.05) is 0 Å². The van der Waals surface area contributed by atoms with E-state index in [2.05, 4.69) is 9.97 Å². The summed E-state index contributed by atoms with van der Waals surface area (Å²) in [7, 11) is 1.79. The number of nitrogens with zero attached hydrogens (tertiary/aromatic N) is 3. The molecule has 1 aromatic heterocycles. The second kappa shape index (κ2) is 5.51. The van der Waals surface area contributed by atoms with Gasteiger partial charge in [0.2, 0.25) is 5.88 Å². The zero-order valence-corrected chi connectivity index (χ0v) is 10.8. The minimum absolute atomic E-state index is 0.289. The first kappa shape index (κ1) is 13.1. The lowest BCUT2D eigenvalue weighted by Gasteiger charge is -2.20. The van der Waals surface area contributed by atoms with Gasteiger partial charge in [-0.25, -0.2) is 9.37 Å². The predicted molar refractivity (Wildman–Crippen MR) is 72.1 cm³/mol. The van der Waals surface area contributed by atoms with Gasteiger partial charge in [0.1, 0.15) is 17.8 Å². The highest BCUT2D eigenvalue weighted by molar-refractivity contribution is 5.73. The quantitative estimate of drug-likeness (QED) is 0.916. The van der Waals surface area contributed by atoms with E-state index < -0.39 is 0 Å². The van der Waals surface area contributed by atoms with Crippen LogP contribution in [-0.4, -0.2) is 23.6 Å². The van der Waals surface area contributed by atoms with Crippen molar-refractivity contribution in [2.24, 2.45) is 0 Å². The van der Waals surface area contributed by atoms with Crippen molar-refractivity contribution in [3.8, 4) is 5.88 Å². The van der Waals surface area contributed by atoms with Crippen molar-refractivity contribution in [3.05, 3.63) is 36.4 Å². The minimum atomic E-state index is -0.289. The van der Waals surface area contributed by atoms with Gasteiger partial charge in [0.05, 0.1) is 6.61 Å². The number of nitrogens with two attached hydrogens (primary N) is 1. The van der Waals surface area contributed by atoms with Crippen LogP contribution in [0.5, 0.6) is 5.88 Å². The Morgan fingerprint density at radius 3 is 2.58 bits per heavy atom. The maximum absolute atomic E-state index is 12.9. The molecule has 0 radical (unpaired) electrons. The zero-order valence-electron chi connectivity index (χ0n) is 10.8. The Morgan fingerprint density at radius 1 is 1.26 bits per heavy atom. The number of hydrogen-bond donors (Lipinski definition) is 1. The van der Waals surface area contributed by atoms with Crippen molar-refractivity contribution >= 4 is 17.2 Å². The van der Waals surface area contributed by atoms with Crippen molar-refractivity contribution in [1.82, 2.24) is 9.97 Å². The van der Waals surface area contributed by atoms with Gasteiger partial charge in [0.25, 0.3) is 0 Å². The maximum Gasteiger partial charge on any atom is 0.242 e. The smallest absolute Gasteiger partial charge is 0.242 e. The second-order valence-corrected chi connectivity index (χ2v) is 3.88. The molecule has 5 nitrogen and oxygen atoms in total. The average Bonchev–Trinajstić information content (AvgIpc) is 2.41. The monoisotopic (exact) mass is 262 g/mol. The van der Waals surface area contributed by atoms with E-state index in [9.17, 15) is 4.39 Å². The summed E-state index contributed by atoms with van der Waals surface area (Å²) in [5.74, 6) is 0.578. The van der Waals surface area contributed by atoms with Crippen LogP contribution in [0.4, 0.5) is 21.6 Å². The summed E-state index contributed by atoms with van der Waals surface area (Å²) in [6.07, 6.45) is 1.39. The fourth-order valence-electron chi connectivity index (χ4n) is 1.68. The number of benzene rings is 1. The standard InChI is InChI=1S/C13H15FN4O/c1-3-19-13-11(15)12(16-8-17-13)18(2)10-6-4-9(14)5-7-10/h4-8H,3,15H2,1-2H3. The van der Waals surface area contributed by atoms with E-state index in [4.69, 9.17) is 10.5 Å². The van der Waals surface area contributed by atoms with E-state index in [0.717, 1.165) is 5.69 Å². The molecule has 0 saturated heterocycles. The van der Waals surface area contributed by atoms with E-state index in [-0.39, 0.29) is 5.82 Å². The lowest BCUT2D eigenvalue weighted by molar-refractivity contribution is 0.328. The fraction of sp³-hybridized carbons (Fsp3) is 0.231. The van der Waals surface area contributed by atoms with Gasteiger partial charge in [-0.05, 0) is 31.2 Å². The zero-order chi connectivity index (χ0) is 13.8. The largest absolute Gasteiger partial charge is 0.476 e. The van der Waals surface area contributed by atoms with Gasteiger partial charge in [-0.2, -0.15) is 4.98 Å². The molecule has 0 aliphatic carbocycles. The molecule has 0 fully saturated rings. The number of hydrogen-bond acceptors (Lipinski definition) is 5. The summed E-state index contributed by atoms with van der Waals surface area (Å²) < 4.78 is 18.2. The number of aromatic nitrogens is 2. The molecular weight excluding hydrogens is 247 g/mol. The molecule has 0 saturated carbocycles.